The molecule has 3 rings (SSSR count). The van der Waals surface area contributed by atoms with Crippen molar-refractivity contribution in [2.45, 2.75) is 6.10 Å². The molecule has 1 aliphatic heterocycles. The van der Waals surface area contributed by atoms with Crippen molar-refractivity contribution in [2.24, 2.45) is 0 Å². The topological polar surface area (TPSA) is 76.7 Å². The fraction of sp³-hybridized carbons (Fsp3) is 0.111. The summed E-state index contributed by atoms with van der Waals surface area (Å²) >= 11 is 11.8. The highest BCUT2D eigenvalue weighted by Gasteiger charge is 2.27. The van der Waals surface area contributed by atoms with Crippen molar-refractivity contribution in [2.75, 3.05) is 6.61 Å². The zero-order valence-corrected chi connectivity index (χ0v) is 14.9. The SMILES string of the molecule is O=C(C=Cc1cc(Cl)cc(Cl)c1)NNC(=O)C1COc2ccccc2O1. The summed E-state index contributed by atoms with van der Waals surface area (Å²) in [6, 6.07) is 11.9. The van der Waals surface area contributed by atoms with Gasteiger partial charge in [0.1, 0.15) is 6.61 Å². The molecular formula is C18H14Cl2N2O4. The van der Waals surface area contributed by atoms with Gasteiger partial charge in [-0.25, -0.2) is 0 Å². The normalized spacial score (nSPS) is 15.5. The Morgan fingerprint density at radius 2 is 1.73 bits per heavy atom. The van der Waals surface area contributed by atoms with Crippen LogP contribution in [0, 0.1) is 0 Å². The maximum Gasteiger partial charge on any atom is 0.283 e. The van der Waals surface area contributed by atoms with E-state index in [4.69, 9.17) is 32.7 Å². The molecule has 0 radical (unpaired) electrons. The largest absolute Gasteiger partial charge is 0.485 e. The van der Waals surface area contributed by atoms with Gasteiger partial charge in [-0.05, 0) is 42.0 Å². The zero-order chi connectivity index (χ0) is 18.5. The van der Waals surface area contributed by atoms with Crippen LogP contribution in [0.25, 0.3) is 6.08 Å². The molecule has 1 aliphatic rings. The van der Waals surface area contributed by atoms with Gasteiger partial charge in [0.25, 0.3) is 11.8 Å². The summed E-state index contributed by atoms with van der Waals surface area (Å²) in [6.07, 6.45) is 1.91. The predicted molar refractivity (Wildman–Crippen MR) is 98.1 cm³/mol. The smallest absolute Gasteiger partial charge is 0.283 e. The molecule has 2 aromatic carbocycles. The lowest BCUT2D eigenvalue weighted by Gasteiger charge is -2.25. The Morgan fingerprint density at radius 3 is 2.46 bits per heavy atom. The van der Waals surface area contributed by atoms with Crippen molar-refractivity contribution in [3.8, 4) is 11.5 Å². The van der Waals surface area contributed by atoms with Crippen molar-refractivity contribution in [3.05, 3.63) is 64.1 Å². The van der Waals surface area contributed by atoms with Gasteiger partial charge in [0.05, 0.1) is 0 Å². The van der Waals surface area contributed by atoms with E-state index in [0.29, 0.717) is 27.1 Å². The molecule has 134 valence electrons. The number of rotatable bonds is 3. The second-order valence-electron chi connectivity index (χ2n) is 5.38. The lowest BCUT2D eigenvalue weighted by molar-refractivity contribution is -0.134. The average molecular weight is 393 g/mol. The molecule has 0 saturated heterocycles. The molecule has 1 heterocycles. The van der Waals surface area contributed by atoms with Crippen molar-refractivity contribution in [3.63, 3.8) is 0 Å². The van der Waals surface area contributed by atoms with Crippen LogP contribution in [0.3, 0.4) is 0 Å². The Bertz CT molecular complexity index is 850. The summed E-state index contributed by atoms with van der Waals surface area (Å²) in [7, 11) is 0. The summed E-state index contributed by atoms with van der Waals surface area (Å²) in [5.41, 5.74) is 5.23. The summed E-state index contributed by atoms with van der Waals surface area (Å²) < 4.78 is 11.0. The first-order valence-corrected chi connectivity index (χ1v) is 8.39. The van der Waals surface area contributed by atoms with Gasteiger partial charge in [0.2, 0.25) is 6.10 Å². The van der Waals surface area contributed by atoms with Crippen LogP contribution in [-0.2, 0) is 9.59 Å². The number of para-hydroxylation sites is 2. The minimum Gasteiger partial charge on any atom is -0.485 e. The van der Waals surface area contributed by atoms with E-state index in [1.165, 1.54) is 12.2 Å². The number of hydrogen-bond acceptors (Lipinski definition) is 4. The van der Waals surface area contributed by atoms with Gasteiger partial charge in [0.15, 0.2) is 11.5 Å². The highest BCUT2D eigenvalue weighted by atomic mass is 35.5. The summed E-state index contributed by atoms with van der Waals surface area (Å²) in [5.74, 6) is 0.00490. The van der Waals surface area contributed by atoms with E-state index in [-0.39, 0.29) is 6.61 Å². The minimum absolute atomic E-state index is 0.0512. The molecule has 6 nitrogen and oxygen atoms in total. The first-order valence-electron chi connectivity index (χ1n) is 7.64. The highest BCUT2D eigenvalue weighted by molar-refractivity contribution is 6.34. The Kier molecular flexibility index (Phi) is 5.65. The van der Waals surface area contributed by atoms with Crippen LogP contribution in [0.15, 0.2) is 48.5 Å². The second kappa shape index (κ2) is 8.12. The number of amides is 2. The summed E-state index contributed by atoms with van der Waals surface area (Å²) in [5, 5.41) is 0.918. The Labute approximate surface area is 159 Å². The van der Waals surface area contributed by atoms with Crippen LogP contribution in [-0.4, -0.2) is 24.5 Å². The van der Waals surface area contributed by atoms with Crippen LogP contribution in [0.2, 0.25) is 10.0 Å². The van der Waals surface area contributed by atoms with E-state index in [9.17, 15) is 9.59 Å². The third-order valence-electron chi connectivity index (χ3n) is 3.42. The van der Waals surface area contributed by atoms with Crippen molar-refractivity contribution >= 4 is 41.1 Å². The lowest BCUT2D eigenvalue weighted by Crippen LogP contribution is -2.50. The first kappa shape index (κ1) is 18.1. The van der Waals surface area contributed by atoms with Gasteiger partial charge < -0.3 is 9.47 Å². The van der Waals surface area contributed by atoms with E-state index in [2.05, 4.69) is 10.9 Å². The van der Waals surface area contributed by atoms with Gasteiger partial charge in [-0.15, -0.1) is 0 Å². The summed E-state index contributed by atoms with van der Waals surface area (Å²) in [6.45, 7) is 0.0512. The Hall–Kier alpha value is -2.70. The predicted octanol–water partition coefficient (Wildman–Crippen LogP) is 2.99. The molecule has 1 unspecified atom stereocenters. The fourth-order valence-corrected chi connectivity index (χ4v) is 2.78. The first-order chi connectivity index (χ1) is 12.5. The molecule has 0 spiro atoms. The molecule has 0 fully saturated rings. The van der Waals surface area contributed by atoms with Gasteiger partial charge in [-0.3, -0.25) is 20.4 Å². The zero-order valence-electron chi connectivity index (χ0n) is 13.4. The number of ether oxygens (including phenoxy) is 2. The van der Waals surface area contributed by atoms with E-state index in [1.807, 2.05) is 6.07 Å². The quantitative estimate of drug-likeness (QED) is 0.621. The number of carbonyl (C=O) groups excluding carboxylic acids is 2. The number of halogens is 2. The molecule has 26 heavy (non-hydrogen) atoms. The van der Waals surface area contributed by atoms with Crippen LogP contribution < -0.4 is 20.3 Å². The van der Waals surface area contributed by atoms with E-state index in [0.717, 1.165) is 0 Å². The highest BCUT2D eigenvalue weighted by Crippen LogP contribution is 2.30. The Balaban J connectivity index is 1.51. The van der Waals surface area contributed by atoms with Crippen LogP contribution in [0.4, 0.5) is 0 Å². The average Bonchev–Trinajstić information content (AvgIpc) is 2.63. The van der Waals surface area contributed by atoms with Crippen LogP contribution in [0.1, 0.15) is 5.56 Å². The fourth-order valence-electron chi connectivity index (χ4n) is 2.24. The molecule has 2 aromatic rings. The van der Waals surface area contributed by atoms with Gasteiger partial charge >= 0.3 is 0 Å². The molecule has 0 bridgehead atoms. The third kappa shape index (κ3) is 4.68. The van der Waals surface area contributed by atoms with E-state index in [1.54, 1.807) is 36.4 Å². The van der Waals surface area contributed by atoms with E-state index < -0.39 is 17.9 Å². The molecule has 2 N–H and O–H groups in total. The minimum atomic E-state index is -0.860. The van der Waals surface area contributed by atoms with Gasteiger partial charge in [-0.2, -0.15) is 0 Å². The maximum absolute atomic E-state index is 12.1. The monoisotopic (exact) mass is 392 g/mol. The molecular weight excluding hydrogens is 379 g/mol. The number of benzene rings is 2. The van der Waals surface area contributed by atoms with Crippen LogP contribution in [0.5, 0.6) is 11.5 Å². The molecule has 8 heteroatoms. The number of fused-ring (bicyclic) bond motifs is 1. The molecule has 2 amide bonds. The van der Waals surface area contributed by atoms with Crippen molar-refractivity contribution in [1.29, 1.82) is 0 Å². The van der Waals surface area contributed by atoms with Crippen molar-refractivity contribution in [1.82, 2.24) is 10.9 Å². The third-order valence-corrected chi connectivity index (χ3v) is 3.86. The molecule has 0 saturated carbocycles. The van der Waals surface area contributed by atoms with Crippen LogP contribution >= 0.6 is 23.2 Å². The number of hydrazine groups is 1. The van der Waals surface area contributed by atoms with Gasteiger partial charge in [-0.1, -0.05) is 35.3 Å². The number of hydrogen-bond donors (Lipinski definition) is 2. The van der Waals surface area contributed by atoms with E-state index >= 15 is 0 Å². The second-order valence-corrected chi connectivity index (χ2v) is 6.25. The maximum atomic E-state index is 12.1. The molecule has 0 aliphatic carbocycles. The molecule has 1 atom stereocenters. The molecule has 0 aromatic heterocycles. The van der Waals surface area contributed by atoms with Crippen molar-refractivity contribution < 1.29 is 19.1 Å². The Morgan fingerprint density at radius 1 is 1.04 bits per heavy atom. The number of nitrogens with one attached hydrogen (secondary N) is 2. The number of carbonyl (C=O) groups is 2. The standard InChI is InChI=1S/C18H14Cl2N2O4/c19-12-7-11(8-13(20)9-12)5-6-17(23)21-22-18(24)16-10-25-14-3-1-2-4-15(14)26-16/h1-9,16H,10H2,(H,21,23)(H,22,24). The lowest BCUT2D eigenvalue weighted by atomic mass is 10.2. The summed E-state index contributed by atoms with van der Waals surface area (Å²) in [4.78, 5) is 23.9. The van der Waals surface area contributed by atoms with Gasteiger partial charge in [0, 0.05) is 16.1 Å².